The molecule has 0 bridgehead atoms. The minimum Gasteiger partial charge on any atom is -0.398 e. The Bertz CT molecular complexity index is 419. The van der Waals surface area contributed by atoms with E-state index in [2.05, 4.69) is 0 Å². The number of hydrogen-bond donors (Lipinski definition) is 1. The van der Waals surface area contributed by atoms with E-state index < -0.39 is 0 Å². The van der Waals surface area contributed by atoms with Crippen LogP contribution in [-0.2, 0) is 4.79 Å². The van der Waals surface area contributed by atoms with Gasteiger partial charge in [0.15, 0.2) is 0 Å². The maximum Gasteiger partial charge on any atom is 0.262 e. The van der Waals surface area contributed by atoms with Gasteiger partial charge in [-0.3, -0.25) is 14.5 Å². The zero-order valence-electron chi connectivity index (χ0n) is 11.1. The standard InChI is InChI=1S/C14H20N2O2/c1-4-11(5-2)16(9-17)14(18)13-10(3)7-6-8-12(13)15/h6-9,11H,4-5,15H2,1-3H3. The molecule has 2 amide bonds. The van der Waals surface area contributed by atoms with Crippen LogP contribution in [0.3, 0.4) is 0 Å². The molecular weight excluding hydrogens is 228 g/mol. The Morgan fingerprint density at radius 2 is 2.00 bits per heavy atom. The molecule has 0 aromatic heterocycles. The molecule has 0 aliphatic carbocycles. The van der Waals surface area contributed by atoms with E-state index in [9.17, 15) is 9.59 Å². The molecule has 0 radical (unpaired) electrons. The Balaban J connectivity index is 3.15. The number of benzene rings is 1. The van der Waals surface area contributed by atoms with Crippen molar-refractivity contribution in [1.29, 1.82) is 0 Å². The Labute approximate surface area is 108 Å². The molecule has 0 aliphatic heterocycles. The van der Waals surface area contributed by atoms with E-state index >= 15 is 0 Å². The third-order valence-corrected chi connectivity index (χ3v) is 3.20. The van der Waals surface area contributed by atoms with Crippen molar-refractivity contribution in [3.05, 3.63) is 29.3 Å². The lowest BCUT2D eigenvalue weighted by Crippen LogP contribution is -2.39. The molecular formula is C14H20N2O2. The number of amides is 2. The zero-order chi connectivity index (χ0) is 13.7. The van der Waals surface area contributed by atoms with Crippen LogP contribution in [0.15, 0.2) is 18.2 Å². The minimum absolute atomic E-state index is 0.0750. The van der Waals surface area contributed by atoms with Gasteiger partial charge in [0, 0.05) is 11.7 Å². The third kappa shape index (κ3) is 2.70. The number of nitrogens with two attached hydrogens (primary N) is 1. The molecule has 1 aromatic rings. The van der Waals surface area contributed by atoms with E-state index in [4.69, 9.17) is 5.73 Å². The van der Waals surface area contributed by atoms with Crippen LogP contribution in [0.4, 0.5) is 5.69 Å². The van der Waals surface area contributed by atoms with Crippen LogP contribution >= 0.6 is 0 Å². The predicted octanol–water partition coefficient (Wildman–Crippen LogP) is 2.36. The highest BCUT2D eigenvalue weighted by atomic mass is 16.2. The lowest BCUT2D eigenvalue weighted by molar-refractivity contribution is -0.117. The summed E-state index contributed by atoms with van der Waals surface area (Å²) in [5.41, 5.74) is 7.47. The minimum atomic E-state index is -0.311. The maximum absolute atomic E-state index is 12.4. The number of imide groups is 1. The van der Waals surface area contributed by atoms with E-state index in [0.717, 1.165) is 18.4 Å². The lowest BCUT2D eigenvalue weighted by atomic mass is 10.0. The number of carbonyl (C=O) groups excluding carboxylic acids is 2. The first kappa shape index (κ1) is 14.2. The second-order valence-electron chi connectivity index (χ2n) is 4.33. The summed E-state index contributed by atoms with van der Waals surface area (Å²) in [5, 5.41) is 0. The molecule has 0 saturated heterocycles. The topological polar surface area (TPSA) is 63.4 Å². The molecule has 0 heterocycles. The molecule has 4 heteroatoms. The molecule has 0 spiro atoms. The van der Waals surface area contributed by atoms with Gasteiger partial charge < -0.3 is 5.73 Å². The number of rotatable bonds is 5. The van der Waals surface area contributed by atoms with Crippen LogP contribution in [0, 0.1) is 6.92 Å². The molecule has 1 aromatic carbocycles. The molecule has 0 fully saturated rings. The molecule has 18 heavy (non-hydrogen) atoms. The van der Waals surface area contributed by atoms with Crippen molar-refractivity contribution in [1.82, 2.24) is 4.90 Å². The van der Waals surface area contributed by atoms with Crippen molar-refractivity contribution in [2.45, 2.75) is 39.7 Å². The molecule has 0 aliphatic rings. The number of nitrogens with zero attached hydrogens (tertiary/aromatic N) is 1. The van der Waals surface area contributed by atoms with Crippen molar-refractivity contribution in [3.8, 4) is 0 Å². The highest BCUT2D eigenvalue weighted by molar-refractivity contribution is 6.05. The van der Waals surface area contributed by atoms with Gasteiger partial charge >= 0.3 is 0 Å². The SMILES string of the molecule is CCC(CC)N(C=O)C(=O)c1c(C)cccc1N. The number of nitrogen functional groups attached to an aromatic ring is 1. The zero-order valence-corrected chi connectivity index (χ0v) is 11.1. The maximum atomic E-state index is 12.4. The Kier molecular flexibility index (Phi) is 4.89. The Morgan fingerprint density at radius 3 is 2.44 bits per heavy atom. The van der Waals surface area contributed by atoms with Crippen molar-refractivity contribution in [3.63, 3.8) is 0 Å². The second-order valence-corrected chi connectivity index (χ2v) is 4.33. The van der Waals surface area contributed by atoms with Gasteiger partial charge in [-0.15, -0.1) is 0 Å². The van der Waals surface area contributed by atoms with Gasteiger partial charge in [0.25, 0.3) is 5.91 Å². The fourth-order valence-electron chi connectivity index (χ4n) is 2.09. The smallest absolute Gasteiger partial charge is 0.262 e. The summed E-state index contributed by atoms with van der Waals surface area (Å²) in [6, 6.07) is 5.22. The number of hydrogen-bond acceptors (Lipinski definition) is 3. The largest absolute Gasteiger partial charge is 0.398 e. The van der Waals surface area contributed by atoms with Crippen molar-refractivity contribution in [2.75, 3.05) is 5.73 Å². The quantitative estimate of drug-likeness (QED) is 0.642. The molecule has 98 valence electrons. The number of carbonyl (C=O) groups is 2. The van der Waals surface area contributed by atoms with E-state index in [0.29, 0.717) is 17.7 Å². The van der Waals surface area contributed by atoms with E-state index in [1.807, 2.05) is 26.8 Å². The highest BCUT2D eigenvalue weighted by Crippen LogP contribution is 2.20. The molecule has 4 nitrogen and oxygen atoms in total. The fraction of sp³-hybridized carbons (Fsp3) is 0.429. The Morgan fingerprint density at radius 1 is 1.39 bits per heavy atom. The summed E-state index contributed by atoms with van der Waals surface area (Å²) in [4.78, 5) is 24.8. The van der Waals surface area contributed by atoms with Crippen LogP contribution in [0.2, 0.25) is 0 Å². The lowest BCUT2D eigenvalue weighted by Gasteiger charge is -2.25. The summed E-state index contributed by atoms with van der Waals surface area (Å²) in [5.74, 6) is -0.311. The van der Waals surface area contributed by atoms with Crippen LogP contribution in [0.25, 0.3) is 0 Å². The van der Waals surface area contributed by atoms with Crippen molar-refractivity contribution < 1.29 is 9.59 Å². The molecule has 2 N–H and O–H groups in total. The van der Waals surface area contributed by atoms with E-state index in [1.54, 1.807) is 12.1 Å². The van der Waals surface area contributed by atoms with E-state index in [-0.39, 0.29) is 11.9 Å². The molecule has 0 unspecified atom stereocenters. The summed E-state index contributed by atoms with van der Waals surface area (Å²) in [7, 11) is 0. The monoisotopic (exact) mass is 248 g/mol. The van der Waals surface area contributed by atoms with Crippen LogP contribution in [-0.4, -0.2) is 23.3 Å². The van der Waals surface area contributed by atoms with Gasteiger partial charge in [0.05, 0.1) is 5.56 Å². The first-order valence-corrected chi connectivity index (χ1v) is 6.19. The van der Waals surface area contributed by atoms with Gasteiger partial charge in [0.2, 0.25) is 6.41 Å². The highest BCUT2D eigenvalue weighted by Gasteiger charge is 2.24. The molecule has 0 atom stereocenters. The van der Waals surface area contributed by atoms with Crippen molar-refractivity contribution >= 4 is 18.0 Å². The summed E-state index contributed by atoms with van der Waals surface area (Å²) >= 11 is 0. The number of aryl methyl sites for hydroxylation is 1. The van der Waals surface area contributed by atoms with Gasteiger partial charge in [-0.1, -0.05) is 26.0 Å². The van der Waals surface area contributed by atoms with Gasteiger partial charge in [0.1, 0.15) is 0 Å². The van der Waals surface area contributed by atoms with Gasteiger partial charge in [-0.25, -0.2) is 0 Å². The van der Waals surface area contributed by atoms with E-state index in [1.165, 1.54) is 4.90 Å². The summed E-state index contributed by atoms with van der Waals surface area (Å²) in [6.45, 7) is 5.73. The first-order chi connectivity index (χ1) is 8.56. The van der Waals surface area contributed by atoms with Crippen LogP contribution in [0.1, 0.15) is 42.6 Å². The second kappa shape index (κ2) is 6.19. The average molecular weight is 248 g/mol. The fourth-order valence-corrected chi connectivity index (χ4v) is 2.09. The number of anilines is 1. The van der Waals surface area contributed by atoms with Crippen molar-refractivity contribution in [2.24, 2.45) is 0 Å². The van der Waals surface area contributed by atoms with Gasteiger partial charge in [-0.05, 0) is 31.4 Å². The first-order valence-electron chi connectivity index (χ1n) is 6.19. The van der Waals surface area contributed by atoms with Crippen LogP contribution < -0.4 is 5.73 Å². The summed E-state index contributed by atoms with van der Waals surface area (Å²) < 4.78 is 0. The third-order valence-electron chi connectivity index (χ3n) is 3.20. The molecule has 1 rings (SSSR count). The molecule has 0 saturated carbocycles. The Hall–Kier alpha value is -1.84. The average Bonchev–Trinajstić information content (AvgIpc) is 2.35. The summed E-state index contributed by atoms with van der Waals surface area (Å²) in [6.07, 6.45) is 2.09. The normalized spacial score (nSPS) is 10.4. The van der Waals surface area contributed by atoms with Crippen LogP contribution in [0.5, 0.6) is 0 Å². The van der Waals surface area contributed by atoms with Gasteiger partial charge in [-0.2, -0.15) is 0 Å². The predicted molar refractivity (Wildman–Crippen MR) is 72.2 cm³/mol.